The summed E-state index contributed by atoms with van der Waals surface area (Å²) < 4.78 is 5.02. The van der Waals surface area contributed by atoms with E-state index in [0.717, 1.165) is 33.9 Å². The van der Waals surface area contributed by atoms with Crippen molar-refractivity contribution in [3.05, 3.63) is 318 Å². The van der Waals surface area contributed by atoms with Crippen molar-refractivity contribution >= 4 is 60.7 Å². The number of hydrogen-bond donors (Lipinski definition) is 0. The van der Waals surface area contributed by atoms with Crippen molar-refractivity contribution in [1.82, 2.24) is 9.13 Å². The highest BCUT2D eigenvalue weighted by Crippen LogP contribution is 2.68. The van der Waals surface area contributed by atoms with E-state index in [1.54, 1.807) is 0 Å². The summed E-state index contributed by atoms with van der Waals surface area (Å²) >= 11 is 0. The number of hydrogen-bond acceptors (Lipinski definition) is 1. The van der Waals surface area contributed by atoms with Crippen LogP contribution in [0.5, 0.6) is 0 Å². The first-order chi connectivity index (χ1) is 42.0. The molecule has 0 bridgehead atoms. The Balaban J connectivity index is 0.842. The minimum Gasteiger partial charge on any atom is -0.309 e. The van der Waals surface area contributed by atoms with Crippen LogP contribution < -0.4 is 4.90 Å². The summed E-state index contributed by atoms with van der Waals surface area (Å²) in [6.07, 6.45) is 0. The smallest absolute Gasteiger partial charge is 0.0732 e. The topological polar surface area (TPSA) is 13.1 Å². The van der Waals surface area contributed by atoms with Crippen molar-refractivity contribution in [2.75, 3.05) is 4.90 Å². The minimum absolute atomic E-state index is 0.176. The zero-order valence-corrected chi connectivity index (χ0v) is 47.0. The zero-order valence-electron chi connectivity index (χ0n) is 47.0. The van der Waals surface area contributed by atoms with Crippen molar-refractivity contribution in [2.45, 2.75) is 24.7 Å². The van der Waals surface area contributed by atoms with Gasteiger partial charge >= 0.3 is 0 Å². The third-order valence-electron chi connectivity index (χ3n) is 19.8. The molecule has 2 aromatic heterocycles. The van der Waals surface area contributed by atoms with Crippen molar-refractivity contribution in [3.8, 4) is 78.1 Å². The van der Waals surface area contributed by atoms with Crippen molar-refractivity contribution in [3.63, 3.8) is 0 Å². The summed E-state index contributed by atoms with van der Waals surface area (Å²) in [6.45, 7) is 4.76. The van der Waals surface area contributed by atoms with Crippen LogP contribution in [0.3, 0.4) is 0 Å². The summed E-state index contributed by atoms with van der Waals surface area (Å²) in [5.74, 6) is 0. The molecular formula is C82H53N3. The Kier molecular flexibility index (Phi) is 9.33. The molecule has 0 unspecified atom stereocenters. The average molecular weight is 1080 g/mol. The normalized spacial score (nSPS) is 14.0. The second kappa shape index (κ2) is 16.9. The van der Waals surface area contributed by atoms with Gasteiger partial charge in [-0.1, -0.05) is 232 Å². The first-order valence-electron chi connectivity index (χ1n) is 29.8. The number of anilines is 3. The lowest BCUT2D eigenvalue weighted by Crippen LogP contribution is -2.26. The lowest BCUT2D eigenvalue weighted by molar-refractivity contribution is 0.660. The maximum absolute atomic E-state index is 2.59. The second-order valence-electron chi connectivity index (χ2n) is 24.2. The molecule has 396 valence electrons. The summed E-state index contributed by atoms with van der Waals surface area (Å²) in [6, 6.07) is 108. The van der Waals surface area contributed by atoms with Gasteiger partial charge in [-0.3, -0.25) is 0 Å². The zero-order chi connectivity index (χ0) is 55.9. The number of aromatic nitrogens is 2. The summed E-state index contributed by atoms with van der Waals surface area (Å²) in [5, 5.41) is 4.97. The SMILES string of the molecule is CC1(C)c2ccccc2-c2c(N(c3cccc(-c4ccc(-c5cc6c7ccccc7n7c6c6c5C5(c8ccccc8-c8ccccc85)c5cccc(c5-6)-c5ccccc5-7)cc4)c3)c3cccc4c3c3ccccc3n4-c3ccccc3)cccc21. The molecule has 1 aliphatic heterocycles. The summed E-state index contributed by atoms with van der Waals surface area (Å²) in [5.41, 5.74) is 33.2. The molecule has 4 aliphatic rings. The molecule has 3 heterocycles. The molecule has 85 heavy (non-hydrogen) atoms. The predicted octanol–water partition coefficient (Wildman–Crippen LogP) is 21.3. The van der Waals surface area contributed by atoms with Crippen molar-refractivity contribution < 1.29 is 0 Å². The summed E-state index contributed by atoms with van der Waals surface area (Å²) in [7, 11) is 0. The Labute approximate surface area is 493 Å². The Morgan fingerprint density at radius 2 is 0.882 bits per heavy atom. The van der Waals surface area contributed by atoms with Crippen LogP contribution in [0.4, 0.5) is 17.1 Å². The van der Waals surface area contributed by atoms with Gasteiger partial charge in [0.25, 0.3) is 0 Å². The van der Waals surface area contributed by atoms with Gasteiger partial charge in [0.1, 0.15) is 0 Å². The van der Waals surface area contributed by atoms with Gasteiger partial charge in [-0.2, -0.15) is 0 Å². The van der Waals surface area contributed by atoms with E-state index < -0.39 is 5.41 Å². The maximum atomic E-state index is 2.59. The molecule has 0 radical (unpaired) electrons. The van der Waals surface area contributed by atoms with Gasteiger partial charge in [-0.05, 0) is 150 Å². The van der Waals surface area contributed by atoms with E-state index in [9.17, 15) is 0 Å². The molecule has 0 amide bonds. The number of fused-ring (bicyclic) bond motifs is 19. The van der Waals surface area contributed by atoms with Gasteiger partial charge < -0.3 is 14.0 Å². The fraction of sp³-hybridized carbons (Fsp3) is 0.0488. The molecule has 0 saturated heterocycles. The van der Waals surface area contributed by atoms with Gasteiger partial charge in [0, 0.05) is 55.0 Å². The highest BCUT2D eigenvalue weighted by molar-refractivity contribution is 6.22. The highest BCUT2D eigenvalue weighted by Gasteiger charge is 2.55. The Hall–Kier alpha value is -10.7. The number of para-hydroxylation sites is 4. The van der Waals surface area contributed by atoms with Crippen LogP contribution in [-0.2, 0) is 10.8 Å². The van der Waals surface area contributed by atoms with E-state index in [1.807, 2.05) is 0 Å². The first kappa shape index (κ1) is 46.8. The molecule has 19 rings (SSSR count). The van der Waals surface area contributed by atoms with E-state index in [1.165, 1.54) is 138 Å². The maximum Gasteiger partial charge on any atom is 0.0732 e. The molecule has 3 aliphatic carbocycles. The van der Waals surface area contributed by atoms with Crippen LogP contribution in [-0.4, -0.2) is 9.13 Å². The molecule has 1 spiro atoms. The standard InChI is InChI=1S/C82H53N3/c1-81(2)64-33-12-8-30-60(64)75-67(81)36-20-41-72(75)84(74-43-21-42-73-77(74)61-31-11-17-40-71(61)83(73)53-23-4-3-5-24-53)54-25-18-22-52(48-54)50-44-46-51(47-45-50)62-49-63-58-29-10-16-39-70(58)85-69-38-15-9-28-57(69)59-32-19-37-68-76(59)78(80(63)85)79(62)82(68)65-34-13-6-26-55(65)56-27-7-14-35-66(56)82/h3-49H,1-2H3. The molecule has 3 nitrogen and oxygen atoms in total. The Bertz CT molecular complexity index is 5350. The third-order valence-corrected chi connectivity index (χ3v) is 19.8. The van der Waals surface area contributed by atoms with E-state index >= 15 is 0 Å². The fourth-order valence-electron chi connectivity index (χ4n) is 16.5. The van der Waals surface area contributed by atoms with Crippen LogP contribution in [0, 0.1) is 0 Å². The van der Waals surface area contributed by atoms with Gasteiger partial charge in [0.2, 0.25) is 0 Å². The number of benzene rings is 13. The molecule has 0 fully saturated rings. The fourth-order valence-corrected chi connectivity index (χ4v) is 16.5. The third kappa shape index (κ3) is 5.99. The van der Waals surface area contributed by atoms with Gasteiger partial charge in [-0.15, -0.1) is 0 Å². The first-order valence-corrected chi connectivity index (χ1v) is 29.8. The lowest BCUT2D eigenvalue weighted by Gasteiger charge is -2.33. The molecule has 13 aromatic carbocycles. The average Bonchev–Trinajstić information content (AvgIpc) is 1.52. The highest BCUT2D eigenvalue weighted by atomic mass is 15.2. The second-order valence-corrected chi connectivity index (χ2v) is 24.2. The van der Waals surface area contributed by atoms with Crippen molar-refractivity contribution in [2.24, 2.45) is 0 Å². The van der Waals surface area contributed by atoms with Gasteiger partial charge in [0.15, 0.2) is 0 Å². The van der Waals surface area contributed by atoms with Crippen LogP contribution >= 0.6 is 0 Å². The van der Waals surface area contributed by atoms with Crippen LogP contribution in [0.1, 0.15) is 47.2 Å². The van der Waals surface area contributed by atoms with Crippen LogP contribution in [0.25, 0.3) is 122 Å². The van der Waals surface area contributed by atoms with E-state index in [-0.39, 0.29) is 5.41 Å². The molecular weight excluding hydrogens is 1030 g/mol. The molecule has 15 aromatic rings. The van der Waals surface area contributed by atoms with Gasteiger partial charge in [0.05, 0.1) is 44.5 Å². The monoisotopic (exact) mass is 1080 g/mol. The van der Waals surface area contributed by atoms with Crippen LogP contribution in [0.15, 0.2) is 285 Å². The Morgan fingerprint density at radius 1 is 0.318 bits per heavy atom. The Morgan fingerprint density at radius 3 is 1.67 bits per heavy atom. The van der Waals surface area contributed by atoms with Gasteiger partial charge in [-0.25, -0.2) is 0 Å². The van der Waals surface area contributed by atoms with Crippen LogP contribution in [0.2, 0.25) is 0 Å². The van der Waals surface area contributed by atoms with Crippen molar-refractivity contribution in [1.29, 1.82) is 0 Å². The largest absolute Gasteiger partial charge is 0.309 e. The molecule has 0 atom stereocenters. The lowest BCUT2D eigenvalue weighted by atomic mass is 9.68. The molecule has 0 saturated carbocycles. The molecule has 3 heteroatoms. The predicted molar refractivity (Wildman–Crippen MR) is 354 cm³/mol. The summed E-state index contributed by atoms with van der Waals surface area (Å²) in [4.78, 5) is 2.56. The van der Waals surface area contributed by atoms with E-state index in [4.69, 9.17) is 0 Å². The minimum atomic E-state index is -0.564. The molecule has 0 N–H and O–H groups in total. The van der Waals surface area contributed by atoms with E-state index in [0.29, 0.717) is 0 Å². The van der Waals surface area contributed by atoms with E-state index in [2.05, 4.69) is 313 Å². The number of rotatable bonds is 6. The number of nitrogens with zero attached hydrogens (tertiary/aromatic N) is 3. The quantitative estimate of drug-likeness (QED) is 0.162.